The number of halogens is 1. The Balaban J connectivity index is 1.71. The maximum atomic E-state index is 11.6. The highest BCUT2D eigenvalue weighted by Crippen LogP contribution is 2.40. The van der Waals surface area contributed by atoms with Gasteiger partial charge in [-0.25, -0.2) is 0 Å². The van der Waals surface area contributed by atoms with E-state index < -0.39 is 0 Å². The minimum atomic E-state index is 0.334. The zero-order chi connectivity index (χ0) is 16.5. The maximum Gasteiger partial charge on any atom is 0.192 e. The lowest BCUT2D eigenvalue weighted by atomic mass is 10.2. The quantitative estimate of drug-likeness (QED) is 0.774. The Morgan fingerprint density at radius 2 is 1.92 bits per heavy atom. The summed E-state index contributed by atoms with van der Waals surface area (Å²) in [6.07, 6.45) is 7.12. The van der Waals surface area contributed by atoms with Gasteiger partial charge in [-0.3, -0.25) is 9.36 Å². The van der Waals surface area contributed by atoms with Crippen LogP contribution in [-0.4, -0.2) is 25.8 Å². The SMILES string of the molecule is O=C1CC[C@H](Sc2nnc(-c3ccccc3Cl)n2C2CCCC2)C1. The Morgan fingerprint density at radius 3 is 2.62 bits per heavy atom. The molecule has 2 aliphatic carbocycles. The van der Waals surface area contributed by atoms with Crippen LogP contribution in [0.25, 0.3) is 11.4 Å². The molecule has 0 aliphatic heterocycles. The first-order valence-electron chi connectivity index (χ1n) is 8.60. The first-order valence-corrected chi connectivity index (χ1v) is 9.86. The van der Waals surface area contributed by atoms with Gasteiger partial charge in [0.05, 0.1) is 5.02 Å². The van der Waals surface area contributed by atoms with E-state index in [-0.39, 0.29) is 0 Å². The molecule has 1 heterocycles. The number of hydrogen-bond donors (Lipinski definition) is 0. The topological polar surface area (TPSA) is 47.8 Å². The van der Waals surface area contributed by atoms with Crippen molar-refractivity contribution in [1.82, 2.24) is 14.8 Å². The second kappa shape index (κ2) is 6.89. The summed E-state index contributed by atoms with van der Waals surface area (Å²) in [5.74, 6) is 1.23. The van der Waals surface area contributed by atoms with Crippen LogP contribution in [0.4, 0.5) is 0 Å². The Morgan fingerprint density at radius 1 is 1.12 bits per heavy atom. The molecule has 0 N–H and O–H groups in total. The summed E-state index contributed by atoms with van der Waals surface area (Å²) >= 11 is 8.12. The fourth-order valence-corrected chi connectivity index (χ4v) is 5.17. The van der Waals surface area contributed by atoms with Crippen molar-refractivity contribution in [3.63, 3.8) is 0 Å². The molecule has 2 saturated carbocycles. The molecule has 4 nitrogen and oxygen atoms in total. The summed E-state index contributed by atoms with van der Waals surface area (Å²) in [4.78, 5) is 11.6. The third-order valence-electron chi connectivity index (χ3n) is 4.94. The molecule has 1 aromatic carbocycles. The lowest BCUT2D eigenvalue weighted by molar-refractivity contribution is -0.117. The number of aromatic nitrogens is 3. The van der Waals surface area contributed by atoms with Gasteiger partial charge in [-0.05, 0) is 31.4 Å². The number of Topliss-reactive ketones (excluding diaryl/α,β-unsaturated/α-hetero) is 1. The van der Waals surface area contributed by atoms with Gasteiger partial charge in [-0.1, -0.05) is 48.3 Å². The fraction of sp³-hybridized carbons (Fsp3) is 0.500. The predicted molar refractivity (Wildman–Crippen MR) is 96.5 cm³/mol. The van der Waals surface area contributed by atoms with Crippen molar-refractivity contribution in [2.45, 2.75) is 61.4 Å². The molecule has 1 aromatic heterocycles. The molecule has 0 unspecified atom stereocenters. The average Bonchev–Trinajstić information content (AvgIpc) is 3.29. The largest absolute Gasteiger partial charge is 0.300 e. The lowest BCUT2D eigenvalue weighted by Gasteiger charge is -2.18. The molecule has 0 radical (unpaired) electrons. The smallest absolute Gasteiger partial charge is 0.192 e. The van der Waals surface area contributed by atoms with Crippen LogP contribution in [0.2, 0.25) is 5.02 Å². The number of thioether (sulfide) groups is 1. The molecular weight excluding hydrogens is 342 g/mol. The third kappa shape index (κ3) is 3.11. The van der Waals surface area contributed by atoms with Gasteiger partial charge >= 0.3 is 0 Å². The van der Waals surface area contributed by atoms with Crippen LogP contribution in [0.5, 0.6) is 0 Å². The molecule has 2 fully saturated rings. The van der Waals surface area contributed by atoms with Crippen LogP contribution in [0.1, 0.15) is 51.0 Å². The summed E-state index contributed by atoms with van der Waals surface area (Å²) in [5, 5.41) is 10.9. The van der Waals surface area contributed by atoms with E-state index in [0.717, 1.165) is 35.8 Å². The third-order valence-corrected chi connectivity index (χ3v) is 6.50. The number of carbonyl (C=O) groups excluding carboxylic acids is 1. The highest BCUT2D eigenvalue weighted by molar-refractivity contribution is 7.99. The van der Waals surface area contributed by atoms with Gasteiger partial charge < -0.3 is 0 Å². The highest BCUT2D eigenvalue weighted by Gasteiger charge is 2.29. The molecule has 2 aromatic rings. The van der Waals surface area contributed by atoms with Gasteiger partial charge in [0.1, 0.15) is 5.78 Å². The molecule has 0 spiro atoms. The van der Waals surface area contributed by atoms with Crippen molar-refractivity contribution < 1.29 is 4.79 Å². The zero-order valence-electron chi connectivity index (χ0n) is 13.4. The maximum absolute atomic E-state index is 11.6. The zero-order valence-corrected chi connectivity index (χ0v) is 15.0. The predicted octanol–water partition coefficient (Wildman–Crippen LogP) is 4.93. The van der Waals surface area contributed by atoms with Crippen molar-refractivity contribution in [1.29, 1.82) is 0 Å². The van der Waals surface area contributed by atoms with Crippen LogP contribution in [0, 0.1) is 0 Å². The second-order valence-corrected chi connectivity index (χ2v) is 8.29. The lowest BCUT2D eigenvalue weighted by Crippen LogP contribution is -2.10. The van der Waals surface area contributed by atoms with Crippen molar-refractivity contribution in [2.24, 2.45) is 0 Å². The summed E-state index contributed by atoms with van der Waals surface area (Å²) in [6.45, 7) is 0. The Labute approximate surface area is 151 Å². The van der Waals surface area contributed by atoms with E-state index in [0.29, 0.717) is 34.9 Å². The van der Waals surface area contributed by atoms with E-state index in [4.69, 9.17) is 11.6 Å². The summed E-state index contributed by atoms with van der Waals surface area (Å²) in [6, 6.07) is 8.25. The molecule has 6 heteroatoms. The number of hydrogen-bond acceptors (Lipinski definition) is 4. The Bertz CT molecular complexity index is 754. The van der Waals surface area contributed by atoms with Crippen LogP contribution in [-0.2, 0) is 4.79 Å². The van der Waals surface area contributed by atoms with E-state index in [1.54, 1.807) is 11.8 Å². The van der Waals surface area contributed by atoms with Gasteiger partial charge in [-0.2, -0.15) is 0 Å². The van der Waals surface area contributed by atoms with Crippen molar-refractivity contribution >= 4 is 29.1 Å². The normalized spacial score (nSPS) is 21.7. The van der Waals surface area contributed by atoms with E-state index in [9.17, 15) is 4.79 Å². The van der Waals surface area contributed by atoms with Crippen LogP contribution in [0.3, 0.4) is 0 Å². The van der Waals surface area contributed by atoms with Gasteiger partial charge in [0.25, 0.3) is 0 Å². The first kappa shape index (κ1) is 16.2. The number of rotatable bonds is 4. The van der Waals surface area contributed by atoms with Gasteiger partial charge in [0.2, 0.25) is 0 Å². The number of nitrogens with zero attached hydrogens (tertiary/aromatic N) is 3. The molecule has 0 amide bonds. The van der Waals surface area contributed by atoms with E-state index in [1.807, 2.05) is 24.3 Å². The monoisotopic (exact) mass is 361 g/mol. The van der Waals surface area contributed by atoms with Crippen molar-refractivity contribution in [2.75, 3.05) is 0 Å². The van der Waals surface area contributed by atoms with E-state index >= 15 is 0 Å². The number of carbonyl (C=O) groups is 1. The van der Waals surface area contributed by atoms with Crippen LogP contribution < -0.4 is 0 Å². The van der Waals surface area contributed by atoms with Gasteiger partial charge in [-0.15, -0.1) is 10.2 Å². The molecule has 24 heavy (non-hydrogen) atoms. The van der Waals surface area contributed by atoms with E-state index in [1.165, 1.54) is 12.8 Å². The summed E-state index contributed by atoms with van der Waals surface area (Å²) in [7, 11) is 0. The fourth-order valence-electron chi connectivity index (χ4n) is 3.70. The second-order valence-electron chi connectivity index (χ2n) is 6.62. The van der Waals surface area contributed by atoms with Crippen molar-refractivity contribution in [3.8, 4) is 11.4 Å². The highest BCUT2D eigenvalue weighted by atomic mass is 35.5. The summed E-state index contributed by atoms with van der Waals surface area (Å²) < 4.78 is 2.28. The molecule has 0 saturated heterocycles. The average molecular weight is 362 g/mol. The molecule has 4 rings (SSSR count). The molecular formula is C18H20ClN3OS. The van der Waals surface area contributed by atoms with Gasteiger partial charge in [0.15, 0.2) is 11.0 Å². The molecule has 2 aliphatic rings. The van der Waals surface area contributed by atoms with Gasteiger partial charge in [0, 0.05) is 29.7 Å². The van der Waals surface area contributed by atoms with E-state index in [2.05, 4.69) is 14.8 Å². The summed E-state index contributed by atoms with van der Waals surface area (Å²) in [5.41, 5.74) is 0.938. The van der Waals surface area contributed by atoms with Crippen LogP contribution >= 0.6 is 23.4 Å². The molecule has 0 bridgehead atoms. The minimum absolute atomic E-state index is 0.334. The standard InChI is InChI=1S/C18H20ClN3OS/c19-16-8-4-3-7-15(16)17-20-21-18(22(17)12-5-1-2-6-12)24-14-10-9-13(23)11-14/h3-4,7-8,12,14H,1-2,5-6,9-11H2/t14-/m0/s1. The first-order chi connectivity index (χ1) is 11.7. The number of ketones is 1. The minimum Gasteiger partial charge on any atom is -0.300 e. The molecule has 1 atom stereocenters. The Kier molecular flexibility index (Phi) is 4.63. The Hall–Kier alpha value is -1.33. The number of benzene rings is 1. The van der Waals surface area contributed by atoms with Crippen molar-refractivity contribution in [3.05, 3.63) is 29.3 Å². The van der Waals surface area contributed by atoms with Crippen LogP contribution in [0.15, 0.2) is 29.4 Å². The molecule has 126 valence electrons.